The van der Waals surface area contributed by atoms with Crippen molar-refractivity contribution in [3.63, 3.8) is 0 Å². The molecule has 0 spiro atoms. The lowest BCUT2D eigenvalue weighted by Gasteiger charge is -2.26. The maximum Gasteiger partial charge on any atom is 0.407 e. The van der Waals surface area contributed by atoms with Gasteiger partial charge in [-0.2, -0.15) is 0 Å². The molecule has 1 fully saturated rings. The summed E-state index contributed by atoms with van der Waals surface area (Å²) in [5, 5.41) is 12.9. The van der Waals surface area contributed by atoms with E-state index in [1.165, 1.54) is 6.33 Å². The number of β-amino-alcohol motifs (C(OH)–C–C–N with tert-alkyl or cyclic N) is 1. The van der Waals surface area contributed by atoms with Gasteiger partial charge in [-0.15, -0.1) is 0 Å². The Balaban J connectivity index is 1.56. The number of amides is 1. The van der Waals surface area contributed by atoms with Crippen LogP contribution in [0.1, 0.15) is 12.0 Å². The van der Waals surface area contributed by atoms with Crippen LogP contribution in [0.25, 0.3) is 0 Å². The van der Waals surface area contributed by atoms with Crippen LogP contribution in [0.5, 0.6) is 0 Å². The molecule has 1 aromatic heterocycles. The van der Waals surface area contributed by atoms with Gasteiger partial charge in [0.2, 0.25) is 0 Å². The molecule has 1 aromatic carbocycles. The summed E-state index contributed by atoms with van der Waals surface area (Å²) in [7, 11) is 3.82. The van der Waals surface area contributed by atoms with Gasteiger partial charge in [-0.05, 0) is 12.0 Å². The quantitative estimate of drug-likeness (QED) is 0.793. The van der Waals surface area contributed by atoms with Crippen LogP contribution in [0.3, 0.4) is 0 Å². The molecule has 2 aromatic rings. The first-order valence-corrected chi connectivity index (χ1v) is 8.91. The molecule has 1 saturated heterocycles. The third kappa shape index (κ3) is 5.07. The van der Waals surface area contributed by atoms with E-state index < -0.39 is 12.2 Å². The van der Waals surface area contributed by atoms with Gasteiger partial charge in [-0.3, -0.25) is 0 Å². The zero-order valence-electron chi connectivity index (χ0n) is 15.6. The predicted octanol–water partition coefficient (Wildman–Crippen LogP) is 1.41. The second kappa shape index (κ2) is 8.68. The third-order valence-corrected chi connectivity index (χ3v) is 4.48. The monoisotopic (exact) mass is 371 g/mol. The first-order valence-electron chi connectivity index (χ1n) is 8.91. The van der Waals surface area contributed by atoms with Crippen molar-refractivity contribution < 1.29 is 14.6 Å². The molecular formula is C19H25N5O3. The lowest BCUT2D eigenvalue weighted by molar-refractivity contribution is 0.138. The molecule has 2 heterocycles. The van der Waals surface area contributed by atoms with E-state index in [4.69, 9.17) is 4.74 Å². The number of aromatic nitrogens is 2. The summed E-state index contributed by atoms with van der Waals surface area (Å²) >= 11 is 0. The Morgan fingerprint density at radius 3 is 2.85 bits per heavy atom. The Kier molecular flexibility index (Phi) is 6.08. The molecule has 2 atom stereocenters. The Morgan fingerprint density at radius 1 is 1.33 bits per heavy atom. The van der Waals surface area contributed by atoms with Crippen molar-refractivity contribution in [1.29, 1.82) is 0 Å². The van der Waals surface area contributed by atoms with Gasteiger partial charge in [-0.1, -0.05) is 30.3 Å². The number of nitrogens with zero attached hydrogens (tertiary/aromatic N) is 4. The Hall–Kier alpha value is -2.87. The van der Waals surface area contributed by atoms with Crippen molar-refractivity contribution >= 4 is 17.7 Å². The van der Waals surface area contributed by atoms with Crippen LogP contribution in [-0.4, -0.2) is 60.5 Å². The minimum atomic E-state index is -0.475. The third-order valence-electron chi connectivity index (χ3n) is 4.48. The van der Waals surface area contributed by atoms with Crippen molar-refractivity contribution in [2.75, 3.05) is 37.0 Å². The summed E-state index contributed by atoms with van der Waals surface area (Å²) < 4.78 is 5.24. The van der Waals surface area contributed by atoms with Gasteiger partial charge >= 0.3 is 6.09 Å². The number of carbonyl (C=O) groups is 1. The molecule has 0 aliphatic carbocycles. The lowest BCUT2D eigenvalue weighted by atomic mass is 10.2. The van der Waals surface area contributed by atoms with E-state index in [9.17, 15) is 9.90 Å². The highest BCUT2D eigenvalue weighted by molar-refractivity contribution is 5.67. The first kappa shape index (κ1) is 18.9. The number of nitrogens with one attached hydrogen (secondary N) is 1. The zero-order chi connectivity index (χ0) is 19.2. The molecule has 8 nitrogen and oxygen atoms in total. The maximum atomic E-state index is 12.0. The number of anilines is 2. The number of hydrogen-bond acceptors (Lipinski definition) is 7. The minimum absolute atomic E-state index is 0.0609. The highest BCUT2D eigenvalue weighted by Gasteiger charge is 2.32. The summed E-state index contributed by atoms with van der Waals surface area (Å²) in [5.41, 5.74) is 0.933. The van der Waals surface area contributed by atoms with Gasteiger partial charge in [0.25, 0.3) is 0 Å². The average Bonchev–Trinajstić information content (AvgIpc) is 3.06. The van der Waals surface area contributed by atoms with E-state index in [0.717, 1.165) is 17.2 Å². The van der Waals surface area contributed by atoms with Crippen molar-refractivity contribution in [2.45, 2.75) is 25.2 Å². The first-order chi connectivity index (χ1) is 13.0. The maximum absolute atomic E-state index is 12.0. The number of aliphatic hydroxyl groups excluding tert-OH is 1. The molecule has 0 radical (unpaired) electrons. The van der Waals surface area contributed by atoms with Crippen LogP contribution in [-0.2, 0) is 11.3 Å². The van der Waals surface area contributed by atoms with Crippen LogP contribution in [0, 0.1) is 0 Å². The summed E-state index contributed by atoms with van der Waals surface area (Å²) in [5.74, 6) is 1.52. The fourth-order valence-corrected chi connectivity index (χ4v) is 3.08. The Labute approximate surface area is 158 Å². The van der Waals surface area contributed by atoms with Crippen molar-refractivity contribution in [3.05, 3.63) is 48.3 Å². The second-order valence-electron chi connectivity index (χ2n) is 6.77. The smallest absolute Gasteiger partial charge is 0.407 e. The highest BCUT2D eigenvalue weighted by atomic mass is 16.5. The molecule has 1 aliphatic heterocycles. The van der Waals surface area contributed by atoms with E-state index in [1.807, 2.05) is 60.3 Å². The number of aliphatic hydroxyl groups is 1. The van der Waals surface area contributed by atoms with Crippen molar-refractivity contribution in [1.82, 2.24) is 15.3 Å². The van der Waals surface area contributed by atoms with Crippen LogP contribution >= 0.6 is 0 Å². The Morgan fingerprint density at radius 2 is 2.11 bits per heavy atom. The van der Waals surface area contributed by atoms with Crippen LogP contribution in [0.4, 0.5) is 16.4 Å². The zero-order valence-corrected chi connectivity index (χ0v) is 15.6. The molecule has 0 unspecified atom stereocenters. The average molecular weight is 371 g/mol. The van der Waals surface area contributed by atoms with Crippen LogP contribution in [0.15, 0.2) is 42.7 Å². The van der Waals surface area contributed by atoms with E-state index in [1.54, 1.807) is 0 Å². The molecule has 1 aliphatic rings. The van der Waals surface area contributed by atoms with E-state index >= 15 is 0 Å². The fourth-order valence-electron chi connectivity index (χ4n) is 3.08. The molecule has 0 bridgehead atoms. The Bertz CT molecular complexity index is 756. The van der Waals surface area contributed by atoms with Crippen molar-refractivity contribution in [3.8, 4) is 0 Å². The number of hydrogen-bond donors (Lipinski definition) is 2. The van der Waals surface area contributed by atoms with E-state index in [2.05, 4.69) is 15.3 Å². The second-order valence-corrected chi connectivity index (χ2v) is 6.77. The van der Waals surface area contributed by atoms with Gasteiger partial charge < -0.3 is 25.0 Å². The normalized spacial score (nSPS) is 19.0. The summed E-state index contributed by atoms with van der Waals surface area (Å²) in [4.78, 5) is 24.4. The molecule has 3 rings (SSSR count). The highest BCUT2D eigenvalue weighted by Crippen LogP contribution is 2.25. The van der Waals surface area contributed by atoms with Crippen LogP contribution < -0.4 is 15.1 Å². The van der Waals surface area contributed by atoms with Gasteiger partial charge in [0.05, 0.1) is 12.1 Å². The van der Waals surface area contributed by atoms with Gasteiger partial charge in [0.15, 0.2) is 0 Å². The van der Waals surface area contributed by atoms with E-state index in [-0.39, 0.29) is 12.6 Å². The topological polar surface area (TPSA) is 90.8 Å². The fraction of sp³-hybridized carbons (Fsp3) is 0.421. The largest absolute Gasteiger partial charge is 0.445 e. The predicted molar refractivity (Wildman–Crippen MR) is 103 cm³/mol. The number of benzene rings is 1. The van der Waals surface area contributed by atoms with Gasteiger partial charge in [0, 0.05) is 33.3 Å². The molecule has 27 heavy (non-hydrogen) atoms. The van der Waals surface area contributed by atoms with E-state index in [0.29, 0.717) is 19.5 Å². The number of carbonyl (C=O) groups excluding carboxylic acids is 1. The number of rotatable bonds is 6. The lowest BCUT2D eigenvalue weighted by Crippen LogP contribution is -2.40. The SMILES string of the molecule is CN(C)c1cc(N2C[C@H](O)C[C@@H]2CNC(=O)OCc2ccccc2)ncn1. The van der Waals surface area contributed by atoms with Gasteiger partial charge in [0.1, 0.15) is 24.6 Å². The molecule has 8 heteroatoms. The van der Waals surface area contributed by atoms with Gasteiger partial charge in [-0.25, -0.2) is 14.8 Å². The molecule has 2 N–H and O–H groups in total. The van der Waals surface area contributed by atoms with Crippen molar-refractivity contribution in [2.24, 2.45) is 0 Å². The molecule has 0 saturated carbocycles. The number of alkyl carbamates (subject to hydrolysis) is 1. The minimum Gasteiger partial charge on any atom is -0.445 e. The molecule has 1 amide bonds. The molecule has 144 valence electrons. The summed E-state index contributed by atoms with van der Waals surface area (Å²) in [6, 6.07) is 11.3. The standard InChI is InChI=1S/C19H25N5O3/c1-23(2)17-9-18(22-13-21-17)24-11-16(25)8-15(24)10-20-19(26)27-12-14-6-4-3-5-7-14/h3-7,9,13,15-16,25H,8,10-12H2,1-2H3,(H,20,26)/t15-,16-/m1/s1. The summed E-state index contributed by atoms with van der Waals surface area (Å²) in [6.45, 7) is 1.06. The summed E-state index contributed by atoms with van der Waals surface area (Å²) in [6.07, 6.45) is 1.13. The van der Waals surface area contributed by atoms with Crippen LogP contribution in [0.2, 0.25) is 0 Å². The number of ether oxygens (including phenoxy) is 1. The molecular weight excluding hydrogens is 346 g/mol.